The lowest BCUT2D eigenvalue weighted by Crippen LogP contribution is -2.45. The zero-order valence-corrected chi connectivity index (χ0v) is 11.0. The molecule has 2 N–H and O–H groups in total. The van der Waals surface area contributed by atoms with E-state index in [1.165, 1.54) is 0 Å². The number of rotatable bonds is 4. The Morgan fingerprint density at radius 3 is 2.31 bits per heavy atom. The van der Waals surface area contributed by atoms with Gasteiger partial charge in [-0.15, -0.1) is 0 Å². The van der Waals surface area contributed by atoms with Crippen molar-refractivity contribution in [2.75, 3.05) is 0 Å². The molecule has 0 aliphatic carbocycles. The molecule has 2 nitrogen and oxygen atoms in total. The Kier molecular flexibility index (Phi) is 4.36. The van der Waals surface area contributed by atoms with Crippen LogP contribution < -0.4 is 5.32 Å². The van der Waals surface area contributed by atoms with E-state index in [1.54, 1.807) is 13.8 Å². The Hall–Kier alpha value is -0.570. The number of nitrogens with one attached hydrogen (secondary N) is 1. The van der Waals surface area contributed by atoms with Crippen LogP contribution in [0.1, 0.15) is 39.3 Å². The van der Waals surface area contributed by atoms with E-state index in [-0.39, 0.29) is 12.1 Å². The van der Waals surface area contributed by atoms with E-state index in [2.05, 4.69) is 5.32 Å². The monoisotopic (exact) mass is 241 g/mol. The fraction of sp³-hybridized carbons (Fsp3) is 0.538. The van der Waals surface area contributed by atoms with Crippen molar-refractivity contribution in [1.82, 2.24) is 5.32 Å². The van der Waals surface area contributed by atoms with Gasteiger partial charge in [-0.05, 0) is 39.3 Å². The first kappa shape index (κ1) is 13.5. The van der Waals surface area contributed by atoms with Gasteiger partial charge in [-0.25, -0.2) is 0 Å². The van der Waals surface area contributed by atoms with Gasteiger partial charge in [-0.3, -0.25) is 0 Å². The summed E-state index contributed by atoms with van der Waals surface area (Å²) in [6, 6.07) is 7.88. The van der Waals surface area contributed by atoms with Crippen LogP contribution in [0.5, 0.6) is 0 Å². The zero-order valence-electron chi connectivity index (χ0n) is 10.3. The van der Waals surface area contributed by atoms with Crippen LogP contribution in [-0.4, -0.2) is 16.7 Å². The first-order valence-electron chi connectivity index (χ1n) is 5.55. The maximum Gasteiger partial charge on any atom is 0.0741 e. The predicted molar refractivity (Wildman–Crippen MR) is 68.8 cm³/mol. The van der Waals surface area contributed by atoms with E-state index in [4.69, 9.17) is 11.6 Å². The minimum absolute atomic E-state index is 0.00114. The van der Waals surface area contributed by atoms with Crippen LogP contribution in [0.3, 0.4) is 0 Å². The minimum atomic E-state index is -0.741. The molecule has 1 aromatic carbocycles. The van der Waals surface area contributed by atoms with E-state index in [1.807, 2.05) is 38.1 Å². The number of halogens is 1. The van der Waals surface area contributed by atoms with Gasteiger partial charge < -0.3 is 10.4 Å². The largest absolute Gasteiger partial charge is 0.389 e. The molecular weight excluding hydrogens is 222 g/mol. The second-order valence-electron chi connectivity index (χ2n) is 4.79. The summed E-state index contributed by atoms with van der Waals surface area (Å²) in [5.41, 5.74) is 0.315. The minimum Gasteiger partial charge on any atom is -0.389 e. The number of hydrogen-bond acceptors (Lipinski definition) is 2. The van der Waals surface area contributed by atoms with Gasteiger partial charge in [0.15, 0.2) is 0 Å². The first-order valence-corrected chi connectivity index (χ1v) is 5.93. The second kappa shape index (κ2) is 5.17. The van der Waals surface area contributed by atoms with Crippen molar-refractivity contribution in [3.63, 3.8) is 0 Å². The Balaban J connectivity index is 2.73. The molecule has 1 rings (SSSR count). The average molecular weight is 242 g/mol. The molecule has 90 valence electrons. The third-order valence-corrected chi connectivity index (χ3v) is 3.28. The lowest BCUT2D eigenvalue weighted by molar-refractivity contribution is 0.0405. The Morgan fingerprint density at radius 1 is 1.25 bits per heavy atom. The van der Waals surface area contributed by atoms with Crippen LogP contribution in [-0.2, 0) is 0 Å². The van der Waals surface area contributed by atoms with Gasteiger partial charge in [-0.1, -0.05) is 29.8 Å². The summed E-state index contributed by atoms with van der Waals surface area (Å²) in [6.07, 6.45) is 0. The normalized spacial score (nSPS) is 15.9. The average Bonchev–Trinajstić information content (AvgIpc) is 2.16. The highest BCUT2D eigenvalue weighted by atomic mass is 35.5. The molecule has 0 fully saturated rings. The SMILES string of the molecule is CC(NC(C)C(C)(C)O)c1ccccc1Cl. The zero-order chi connectivity index (χ0) is 12.3. The van der Waals surface area contributed by atoms with E-state index in [0.29, 0.717) is 0 Å². The summed E-state index contributed by atoms with van der Waals surface area (Å²) < 4.78 is 0. The molecule has 16 heavy (non-hydrogen) atoms. The quantitative estimate of drug-likeness (QED) is 0.849. The summed E-state index contributed by atoms with van der Waals surface area (Å²) in [5, 5.41) is 14.0. The van der Waals surface area contributed by atoms with Gasteiger partial charge in [0.05, 0.1) is 5.60 Å². The van der Waals surface area contributed by atoms with Crippen LogP contribution in [0.4, 0.5) is 0 Å². The summed E-state index contributed by atoms with van der Waals surface area (Å²) in [4.78, 5) is 0. The fourth-order valence-corrected chi connectivity index (χ4v) is 1.79. The summed E-state index contributed by atoms with van der Waals surface area (Å²) in [5.74, 6) is 0. The van der Waals surface area contributed by atoms with Crippen molar-refractivity contribution in [1.29, 1.82) is 0 Å². The van der Waals surface area contributed by atoms with Crippen LogP contribution in [0.2, 0.25) is 5.02 Å². The van der Waals surface area contributed by atoms with Gasteiger partial charge in [0.1, 0.15) is 0 Å². The fourth-order valence-electron chi connectivity index (χ4n) is 1.49. The summed E-state index contributed by atoms with van der Waals surface area (Å²) in [7, 11) is 0. The molecule has 0 heterocycles. The third kappa shape index (κ3) is 3.48. The van der Waals surface area contributed by atoms with Crippen molar-refractivity contribution in [2.24, 2.45) is 0 Å². The van der Waals surface area contributed by atoms with Gasteiger partial charge in [0.25, 0.3) is 0 Å². The Morgan fingerprint density at radius 2 is 1.81 bits per heavy atom. The molecule has 1 aromatic rings. The highest BCUT2D eigenvalue weighted by molar-refractivity contribution is 6.31. The summed E-state index contributed by atoms with van der Waals surface area (Å²) >= 11 is 6.11. The molecule has 0 bridgehead atoms. The molecule has 2 atom stereocenters. The lowest BCUT2D eigenvalue weighted by Gasteiger charge is -2.30. The van der Waals surface area contributed by atoms with Crippen molar-refractivity contribution in [3.05, 3.63) is 34.9 Å². The first-order chi connectivity index (χ1) is 7.32. The third-order valence-electron chi connectivity index (χ3n) is 2.93. The maximum absolute atomic E-state index is 9.86. The molecule has 0 aliphatic heterocycles. The molecule has 0 radical (unpaired) electrons. The molecule has 0 saturated heterocycles. The molecule has 3 heteroatoms. The standard InChI is InChI=1S/C13H20ClNO/c1-9(15-10(2)13(3,4)16)11-7-5-6-8-12(11)14/h5-10,15-16H,1-4H3. The molecule has 2 unspecified atom stereocenters. The number of benzene rings is 1. The second-order valence-corrected chi connectivity index (χ2v) is 5.19. The van der Waals surface area contributed by atoms with E-state index >= 15 is 0 Å². The van der Waals surface area contributed by atoms with Crippen molar-refractivity contribution < 1.29 is 5.11 Å². The topological polar surface area (TPSA) is 32.3 Å². The lowest BCUT2D eigenvalue weighted by atomic mass is 9.98. The van der Waals surface area contributed by atoms with Crippen LogP contribution in [0, 0.1) is 0 Å². The number of hydrogen-bond donors (Lipinski definition) is 2. The van der Waals surface area contributed by atoms with E-state index < -0.39 is 5.60 Å². The maximum atomic E-state index is 9.86. The predicted octanol–water partition coefficient (Wildman–Crippen LogP) is 3.15. The van der Waals surface area contributed by atoms with E-state index in [0.717, 1.165) is 10.6 Å². The molecule has 0 spiro atoms. The molecular formula is C13H20ClNO. The molecule has 0 saturated carbocycles. The summed E-state index contributed by atoms with van der Waals surface area (Å²) in [6.45, 7) is 7.60. The van der Waals surface area contributed by atoms with Gasteiger partial charge in [0, 0.05) is 17.1 Å². The van der Waals surface area contributed by atoms with Crippen LogP contribution in [0.15, 0.2) is 24.3 Å². The van der Waals surface area contributed by atoms with Crippen LogP contribution >= 0.6 is 11.6 Å². The van der Waals surface area contributed by atoms with Crippen molar-refractivity contribution in [3.8, 4) is 0 Å². The molecule has 0 amide bonds. The molecule has 0 aliphatic rings. The van der Waals surface area contributed by atoms with Gasteiger partial charge in [0.2, 0.25) is 0 Å². The Labute approximate surface area is 103 Å². The van der Waals surface area contributed by atoms with Gasteiger partial charge in [-0.2, -0.15) is 0 Å². The smallest absolute Gasteiger partial charge is 0.0741 e. The van der Waals surface area contributed by atoms with Gasteiger partial charge >= 0.3 is 0 Å². The van der Waals surface area contributed by atoms with Crippen LogP contribution in [0.25, 0.3) is 0 Å². The Bertz CT molecular complexity index is 346. The number of aliphatic hydroxyl groups is 1. The molecule has 0 aromatic heterocycles. The van der Waals surface area contributed by atoms with Crippen molar-refractivity contribution in [2.45, 2.75) is 45.4 Å². The highest BCUT2D eigenvalue weighted by Crippen LogP contribution is 2.23. The highest BCUT2D eigenvalue weighted by Gasteiger charge is 2.24. The van der Waals surface area contributed by atoms with Crippen molar-refractivity contribution >= 4 is 11.6 Å². The van der Waals surface area contributed by atoms with E-state index in [9.17, 15) is 5.11 Å².